The van der Waals surface area contributed by atoms with Crippen LogP contribution in [-0.2, 0) is 18.3 Å². The summed E-state index contributed by atoms with van der Waals surface area (Å²) < 4.78 is 48.3. The second-order valence-electron chi connectivity index (χ2n) is 11.6. The van der Waals surface area contributed by atoms with E-state index in [4.69, 9.17) is 4.74 Å². The van der Waals surface area contributed by atoms with E-state index in [2.05, 4.69) is 46.3 Å². The Hall–Kier alpha value is -4.13. The summed E-state index contributed by atoms with van der Waals surface area (Å²) in [5, 5.41) is 27.3. The highest BCUT2D eigenvalue weighted by Gasteiger charge is 2.48. The summed E-state index contributed by atoms with van der Waals surface area (Å²) in [6.07, 6.45) is 5.33. The molecule has 1 atom stereocenters. The number of likely N-dealkylation sites (tertiary alicyclic amines) is 1. The van der Waals surface area contributed by atoms with Crippen LogP contribution >= 0.6 is 0 Å². The fourth-order valence-electron chi connectivity index (χ4n) is 6.05. The van der Waals surface area contributed by atoms with E-state index in [0.29, 0.717) is 32.4 Å². The molecule has 1 saturated carbocycles. The molecule has 1 aliphatic heterocycles. The van der Waals surface area contributed by atoms with Gasteiger partial charge in [-0.3, -0.25) is 9.58 Å². The number of aliphatic hydroxyl groups excluding tert-OH is 1. The van der Waals surface area contributed by atoms with E-state index in [1.54, 1.807) is 13.1 Å². The molecule has 0 radical (unpaired) electrons. The number of hydrogen-bond donors (Lipinski definition) is 3. The van der Waals surface area contributed by atoms with Crippen molar-refractivity contribution in [1.29, 1.82) is 5.26 Å². The zero-order valence-electron chi connectivity index (χ0n) is 24.1. The van der Waals surface area contributed by atoms with E-state index in [1.807, 2.05) is 23.1 Å². The molecule has 1 saturated heterocycles. The maximum absolute atomic E-state index is 13.5. The highest BCUT2D eigenvalue weighted by Crippen LogP contribution is 2.39. The molecule has 3 N–H and O–H groups in total. The first-order valence-electron chi connectivity index (χ1n) is 14.6. The molecule has 15 heteroatoms. The molecule has 0 amide bonds. The lowest BCUT2D eigenvalue weighted by atomic mass is 9.82. The number of alkyl halides is 3. The predicted octanol–water partition coefficient (Wildman–Crippen LogP) is 3.42. The lowest BCUT2D eigenvalue weighted by molar-refractivity contribution is -0.145. The van der Waals surface area contributed by atoms with Crippen molar-refractivity contribution in [3.05, 3.63) is 48.6 Å². The number of H-pyrrole nitrogens is 1. The lowest BCUT2D eigenvalue weighted by Gasteiger charge is -2.53. The molecule has 1 aliphatic carbocycles. The Labute approximate surface area is 251 Å². The van der Waals surface area contributed by atoms with Gasteiger partial charge in [0.05, 0.1) is 36.7 Å². The number of nitrogens with zero attached hydrogens (tertiary/aromatic N) is 8. The highest BCUT2D eigenvalue weighted by molar-refractivity contribution is 5.90. The summed E-state index contributed by atoms with van der Waals surface area (Å²) in [5.74, 6) is -1.35. The van der Waals surface area contributed by atoms with Crippen molar-refractivity contribution in [3.63, 3.8) is 0 Å². The van der Waals surface area contributed by atoms with E-state index >= 15 is 0 Å². The van der Waals surface area contributed by atoms with Crippen molar-refractivity contribution in [2.45, 2.75) is 75.5 Å². The highest BCUT2D eigenvalue weighted by atomic mass is 19.4. The van der Waals surface area contributed by atoms with Gasteiger partial charge in [0.15, 0.2) is 0 Å². The van der Waals surface area contributed by atoms with Gasteiger partial charge in [-0.1, -0.05) is 0 Å². The monoisotopic (exact) mass is 610 g/mol. The van der Waals surface area contributed by atoms with Crippen LogP contribution in [0.2, 0.25) is 0 Å². The van der Waals surface area contributed by atoms with Crippen molar-refractivity contribution in [2.75, 3.05) is 19.7 Å². The van der Waals surface area contributed by atoms with E-state index in [1.165, 1.54) is 12.4 Å². The number of aromatic amines is 1. The Morgan fingerprint density at radius 3 is 2.75 bits per heavy atom. The van der Waals surface area contributed by atoms with Gasteiger partial charge in [-0.2, -0.15) is 28.5 Å². The van der Waals surface area contributed by atoms with Crippen molar-refractivity contribution in [1.82, 2.24) is 44.9 Å². The summed E-state index contributed by atoms with van der Waals surface area (Å²) >= 11 is 0. The Balaban J connectivity index is 1.08. The fourth-order valence-corrected chi connectivity index (χ4v) is 6.05. The summed E-state index contributed by atoms with van der Waals surface area (Å²) in [6.45, 7) is 2.96. The second kappa shape index (κ2) is 12.1. The number of nitriles is 1. The van der Waals surface area contributed by atoms with Gasteiger partial charge in [0.1, 0.15) is 23.6 Å². The number of ether oxygens (including phenoxy) is 1. The maximum Gasteiger partial charge on any atom is 0.451 e. The molecule has 44 heavy (non-hydrogen) atoms. The molecule has 0 aromatic carbocycles. The van der Waals surface area contributed by atoms with Gasteiger partial charge in [-0.15, -0.1) is 0 Å². The van der Waals surface area contributed by atoms with Gasteiger partial charge in [-0.25, -0.2) is 15.0 Å². The third-order valence-electron chi connectivity index (χ3n) is 8.46. The molecule has 4 aromatic heterocycles. The topological polar surface area (TPSA) is 154 Å². The molecule has 12 nitrogen and oxygen atoms in total. The number of hydrogen-bond acceptors (Lipinski definition) is 10. The Kier molecular flexibility index (Phi) is 8.23. The Morgan fingerprint density at radius 2 is 2.02 bits per heavy atom. The van der Waals surface area contributed by atoms with Crippen LogP contribution < -0.4 is 10.1 Å². The van der Waals surface area contributed by atoms with Crippen LogP contribution in [0, 0.1) is 11.3 Å². The summed E-state index contributed by atoms with van der Waals surface area (Å²) in [4.78, 5) is 21.4. The zero-order valence-corrected chi connectivity index (χ0v) is 24.1. The van der Waals surface area contributed by atoms with Gasteiger partial charge in [0.25, 0.3) is 0 Å². The first-order valence-corrected chi connectivity index (χ1v) is 14.6. The lowest BCUT2D eigenvalue weighted by Crippen LogP contribution is -2.65. The van der Waals surface area contributed by atoms with Gasteiger partial charge < -0.3 is 20.1 Å². The summed E-state index contributed by atoms with van der Waals surface area (Å²) in [5.41, 5.74) is 2.07. The Bertz CT molecular complexity index is 1630. The van der Waals surface area contributed by atoms with Crippen LogP contribution in [0.15, 0.2) is 37.1 Å². The van der Waals surface area contributed by atoms with Crippen molar-refractivity contribution < 1.29 is 23.0 Å². The molecule has 0 bridgehead atoms. The van der Waals surface area contributed by atoms with E-state index in [-0.39, 0.29) is 42.9 Å². The molecular weight excluding hydrogens is 577 g/mol. The molecule has 232 valence electrons. The van der Waals surface area contributed by atoms with E-state index < -0.39 is 17.5 Å². The van der Waals surface area contributed by atoms with Crippen molar-refractivity contribution >= 4 is 11.0 Å². The standard InChI is InChI=1S/C29H33F3N10O2/c1-18(14-43)35-12-20-10-24(40-27(39-20)29(30,31)32)44-22-4-2-21(3-5-22)41-15-28(16-41,7-8-33)42-13-19(11-38-42)25-23-6-9-34-26(23)37-17-36-25/h6,9-11,13,17-18,21-22,35,43H,2-5,7,12,14-16H2,1H3,(H,34,36,37)/t18-,21-,22+/m1/s1. The second-order valence-corrected chi connectivity index (χ2v) is 11.6. The normalized spacial score (nSPS) is 21.1. The minimum Gasteiger partial charge on any atom is -0.474 e. The molecule has 0 spiro atoms. The van der Waals surface area contributed by atoms with Gasteiger partial charge in [0.2, 0.25) is 11.7 Å². The van der Waals surface area contributed by atoms with Crippen LogP contribution in [0.25, 0.3) is 22.3 Å². The van der Waals surface area contributed by atoms with Gasteiger partial charge >= 0.3 is 6.18 Å². The molecule has 6 rings (SSSR count). The number of halogens is 3. The first kappa shape index (κ1) is 29.9. The van der Waals surface area contributed by atoms with E-state index in [0.717, 1.165) is 35.1 Å². The smallest absolute Gasteiger partial charge is 0.451 e. The number of aromatic nitrogens is 7. The van der Waals surface area contributed by atoms with Crippen LogP contribution in [-0.4, -0.2) is 82.6 Å². The molecule has 2 fully saturated rings. The number of nitrogens with one attached hydrogen (secondary N) is 2. The minimum absolute atomic E-state index is 0.0447. The quantitative estimate of drug-likeness (QED) is 0.243. The number of aliphatic hydroxyl groups is 1. The van der Waals surface area contributed by atoms with Crippen molar-refractivity contribution in [3.8, 4) is 23.2 Å². The molecule has 5 heterocycles. The average Bonchev–Trinajstić information content (AvgIpc) is 3.68. The first-order chi connectivity index (χ1) is 21.2. The molecule has 4 aromatic rings. The van der Waals surface area contributed by atoms with Crippen molar-refractivity contribution in [2.24, 2.45) is 0 Å². The SMILES string of the molecule is C[C@H](CO)NCc1cc(O[C@H]2CC[C@@H](N3CC(CC#N)(n4cc(-c5ncnc6[nH]ccc56)cn4)C3)CC2)nc(C(F)(F)F)n1. The molecular formula is C29H33F3N10O2. The fraction of sp³-hybridized carbons (Fsp3) is 0.517. The predicted molar refractivity (Wildman–Crippen MR) is 152 cm³/mol. The van der Waals surface area contributed by atoms with Crippen LogP contribution in [0.5, 0.6) is 5.88 Å². The van der Waals surface area contributed by atoms with Crippen LogP contribution in [0.3, 0.4) is 0 Å². The average molecular weight is 611 g/mol. The van der Waals surface area contributed by atoms with Gasteiger partial charge in [-0.05, 0) is 38.7 Å². The van der Waals surface area contributed by atoms with E-state index in [9.17, 15) is 23.5 Å². The number of fused-ring (bicyclic) bond motifs is 1. The third-order valence-corrected chi connectivity index (χ3v) is 8.46. The summed E-state index contributed by atoms with van der Waals surface area (Å²) in [6, 6.07) is 5.66. The maximum atomic E-state index is 13.5. The van der Waals surface area contributed by atoms with Gasteiger partial charge in [0, 0.05) is 61.1 Å². The van der Waals surface area contributed by atoms with Crippen LogP contribution in [0.4, 0.5) is 13.2 Å². The Morgan fingerprint density at radius 1 is 1.23 bits per heavy atom. The minimum atomic E-state index is -4.71. The third kappa shape index (κ3) is 6.10. The molecule has 2 aliphatic rings. The summed E-state index contributed by atoms with van der Waals surface area (Å²) in [7, 11) is 0. The largest absolute Gasteiger partial charge is 0.474 e. The van der Waals surface area contributed by atoms with Crippen LogP contribution in [0.1, 0.15) is 50.5 Å². The zero-order chi connectivity index (χ0) is 30.9. The molecule has 0 unspecified atom stereocenters. The number of rotatable bonds is 10.